The van der Waals surface area contributed by atoms with Gasteiger partial charge in [-0.15, -0.1) is 0 Å². The van der Waals surface area contributed by atoms with E-state index in [2.05, 4.69) is 15.9 Å². The molecule has 1 atom stereocenters. The molecule has 0 N–H and O–H groups in total. The van der Waals surface area contributed by atoms with Gasteiger partial charge in [-0.1, -0.05) is 0 Å². The molecular weight excluding hydrogens is 398 g/mol. The summed E-state index contributed by atoms with van der Waals surface area (Å²) >= 11 is 3.45. The summed E-state index contributed by atoms with van der Waals surface area (Å²) in [5, 5.41) is 0. The Morgan fingerprint density at radius 3 is 2.46 bits per heavy atom. The maximum atomic E-state index is 13.1. The van der Waals surface area contributed by atoms with Crippen molar-refractivity contribution in [3.8, 4) is 17.2 Å². The van der Waals surface area contributed by atoms with Crippen LogP contribution >= 0.6 is 15.9 Å². The summed E-state index contributed by atoms with van der Waals surface area (Å²) in [6.07, 6.45) is 1.87. The van der Waals surface area contributed by atoms with Crippen molar-refractivity contribution in [2.24, 2.45) is 0 Å². The van der Waals surface area contributed by atoms with Crippen molar-refractivity contribution >= 4 is 21.8 Å². The van der Waals surface area contributed by atoms with Crippen molar-refractivity contribution in [2.75, 3.05) is 27.9 Å². The molecule has 2 aromatic rings. The fourth-order valence-electron chi connectivity index (χ4n) is 3.39. The fourth-order valence-corrected chi connectivity index (χ4v) is 3.93. The molecule has 138 valence electrons. The molecule has 1 aliphatic rings. The van der Waals surface area contributed by atoms with Crippen LogP contribution in [0.2, 0.25) is 0 Å². The van der Waals surface area contributed by atoms with E-state index in [0.717, 1.165) is 40.9 Å². The lowest BCUT2D eigenvalue weighted by atomic mass is 10.0. The van der Waals surface area contributed by atoms with Gasteiger partial charge in [0, 0.05) is 23.7 Å². The Labute approximate surface area is 162 Å². The zero-order valence-corrected chi connectivity index (χ0v) is 16.7. The SMILES string of the molecule is COc1ccc([C@H]2CCCN2C(=O)c2ccc(OC)c(Br)c2)c(OC)c1. The van der Waals surface area contributed by atoms with E-state index in [1.807, 2.05) is 29.2 Å². The molecule has 0 bridgehead atoms. The Morgan fingerprint density at radius 1 is 1.04 bits per heavy atom. The molecule has 2 aromatic carbocycles. The lowest BCUT2D eigenvalue weighted by Gasteiger charge is -2.27. The van der Waals surface area contributed by atoms with Crippen LogP contribution in [0.1, 0.15) is 34.8 Å². The number of methoxy groups -OCH3 is 3. The maximum absolute atomic E-state index is 13.1. The smallest absolute Gasteiger partial charge is 0.254 e. The van der Waals surface area contributed by atoms with Gasteiger partial charge in [-0.05, 0) is 59.1 Å². The van der Waals surface area contributed by atoms with E-state index in [-0.39, 0.29) is 11.9 Å². The van der Waals surface area contributed by atoms with Crippen molar-refractivity contribution in [3.05, 3.63) is 52.0 Å². The highest BCUT2D eigenvalue weighted by atomic mass is 79.9. The van der Waals surface area contributed by atoms with Crippen LogP contribution in [0.15, 0.2) is 40.9 Å². The second-order valence-electron chi connectivity index (χ2n) is 6.11. The molecule has 1 heterocycles. The number of nitrogens with zero attached hydrogens (tertiary/aromatic N) is 1. The highest BCUT2D eigenvalue weighted by Crippen LogP contribution is 2.39. The lowest BCUT2D eigenvalue weighted by molar-refractivity contribution is 0.0734. The normalized spacial score (nSPS) is 16.5. The summed E-state index contributed by atoms with van der Waals surface area (Å²) in [7, 11) is 4.87. The van der Waals surface area contributed by atoms with E-state index in [1.54, 1.807) is 33.5 Å². The largest absolute Gasteiger partial charge is 0.497 e. The Hall–Kier alpha value is -2.21. The van der Waals surface area contributed by atoms with Gasteiger partial charge in [0.25, 0.3) is 5.91 Å². The van der Waals surface area contributed by atoms with Crippen LogP contribution in [0.4, 0.5) is 0 Å². The van der Waals surface area contributed by atoms with Gasteiger partial charge < -0.3 is 19.1 Å². The molecule has 0 spiro atoms. The number of hydrogen-bond donors (Lipinski definition) is 0. The molecule has 0 radical (unpaired) electrons. The van der Waals surface area contributed by atoms with Crippen molar-refractivity contribution < 1.29 is 19.0 Å². The third-order valence-electron chi connectivity index (χ3n) is 4.71. The third-order valence-corrected chi connectivity index (χ3v) is 5.33. The number of benzene rings is 2. The second-order valence-corrected chi connectivity index (χ2v) is 6.97. The van der Waals surface area contributed by atoms with Crippen molar-refractivity contribution in [1.29, 1.82) is 0 Å². The summed E-state index contributed by atoms with van der Waals surface area (Å²) in [4.78, 5) is 15.0. The van der Waals surface area contributed by atoms with Crippen LogP contribution in [0, 0.1) is 0 Å². The van der Waals surface area contributed by atoms with E-state index in [0.29, 0.717) is 11.3 Å². The number of amides is 1. The number of hydrogen-bond acceptors (Lipinski definition) is 4. The van der Waals surface area contributed by atoms with Gasteiger partial charge in [0.15, 0.2) is 0 Å². The van der Waals surface area contributed by atoms with Crippen molar-refractivity contribution in [3.63, 3.8) is 0 Å². The maximum Gasteiger partial charge on any atom is 0.254 e. The average molecular weight is 420 g/mol. The molecule has 5 nitrogen and oxygen atoms in total. The van der Waals surface area contributed by atoms with Gasteiger partial charge in [0.1, 0.15) is 17.2 Å². The lowest BCUT2D eigenvalue weighted by Crippen LogP contribution is -2.30. The Bertz CT molecular complexity index is 808. The first kappa shape index (κ1) is 18.6. The highest BCUT2D eigenvalue weighted by Gasteiger charge is 2.32. The second kappa shape index (κ2) is 7.99. The first-order valence-electron chi connectivity index (χ1n) is 8.45. The van der Waals surface area contributed by atoms with Crippen LogP contribution in [-0.2, 0) is 0 Å². The van der Waals surface area contributed by atoms with Crippen LogP contribution < -0.4 is 14.2 Å². The van der Waals surface area contributed by atoms with E-state index in [1.165, 1.54) is 0 Å². The van der Waals surface area contributed by atoms with Crippen molar-refractivity contribution in [2.45, 2.75) is 18.9 Å². The minimum absolute atomic E-state index is 0.00808. The van der Waals surface area contributed by atoms with Gasteiger partial charge in [-0.25, -0.2) is 0 Å². The van der Waals surface area contributed by atoms with E-state index < -0.39 is 0 Å². The quantitative estimate of drug-likeness (QED) is 0.717. The van der Waals surface area contributed by atoms with Gasteiger partial charge in [-0.3, -0.25) is 4.79 Å². The highest BCUT2D eigenvalue weighted by molar-refractivity contribution is 9.10. The van der Waals surface area contributed by atoms with Gasteiger partial charge in [0.05, 0.1) is 31.8 Å². The Kier molecular flexibility index (Phi) is 5.71. The van der Waals surface area contributed by atoms with Gasteiger partial charge in [-0.2, -0.15) is 0 Å². The molecule has 1 amide bonds. The molecule has 3 rings (SSSR count). The predicted octanol–water partition coefficient (Wildman–Crippen LogP) is 4.45. The molecule has 0 aromatic heterocycles. The number of ether oxygens (including phenoxy) is 3. The molecule has 0 unspecified atom stereocenters. The first-order chi connectivity index (χ1) is 12.6. The zero-order valence-electron chi connectivity index (χ0n) is 15.1. The minimum Gasteiger partial charge on any atom is -0.497 e. The summed E-state index contributed by atoms with van der Waals surface area (Å²) in [6, 6.07) is 11.1. The van der Waals surface area contributed by atoms with Gasteiger partial charge >= 0.3 is 0 Å². The minimum atomic E-state index is -0.00997. The molecule has 6 heteroatoms. The predicted molar refractivity (Wildman–Crippen MR) is 103 cm³/mol. The number of likely N-dealkylation sites (tertiary alicyclic amines) is 1. The molecule has 0 saturated carbocycles. The summed E-state index contributed by atoms with van der Waals surface area (Å²) in [5.41, 5.74) is 1.64. The van der Waals surface area contributed by atoms with Crippen LogP contribution in [-0.4, -0.2) is 38.7 Å². The molecular formula is C20H22BrNO4. The first-order valence-corrected chi connectivity index (χ1v) is 9.24. The van der Waals surface area contributed by atoms with Crippen LogP contribution in [0.25, 0.3) is 0 Å². The third kappa shape index (κ3) is 3.51. The molecule has 1 fully saturated rings. The standard InChI is InChI=1S/C20H22BrNO4/c1-24-14-7-8-15(19(12-14)26-3)17-5-4-10-22(17)20(23)13-6-9-18(25-2)16(21)11-13/h6-9,11-12,17H,4-5,10H2,1-3H3/t17-/m1/s1. The monoisotopic (exact) mass is 419 g/mol. The number of carbonyl (C=O) groups is 1. The van der Waals surface area contributed by atoms with Crippen LogP contribution in [0.3, 0.4) is 0 Å². The zero-order chi connectivity index (χ0) is 18.7. The Morgan fingerprint density at radius 2 is 1.81 bits per heavy atom. The van der Waals surface area contributed by atoms with E-state index >= 15 is 0 Å². The van der Waals surface area contributed by atoms with E-state index in [4.69, 9.17) is 14.2 Å². The fraction of sp³-hybridized carbons (Fsp3) is 0.350. The molecule has 1 aliphatic heterocycles. The van der Waals surface area contributed by atoms with Crippen molar-refractivity contribution in [1.82, 2.24) is 4.90 Å². The number of halogens is 1. The summed E-state index contributed by atoms with van der Waals surface area (Å²) in [5.74, 6) is 2.19. The molecule has 1 saturated heterocycles. The van der Waals surface area contributed by atoms with Crippen LogP contribution in [0.5, 0.6) is 17.2 Å². The molecule has 26 heavy (non-hydrogen) atoms. The number of carbonyl (C=O) groups excluding carboxylic acids is 1. The molecule has 0 aliphatic carbocycles. The average Bonchev–Trinajstić information content (AvgIpc) is 3.16. The van der Waals surface area contributed by atoms with E-state index in [9.17, 15) is 4.79 Å². The summed E-state index contributed by atoms with van der Waals surface area (Å²) in [6.45, 7) is 0.725. The topological polar surface area (TPSA) is 48.0 Å². The Balaban J connectivity index is 1.91. The van der Waals surface area contributed by atoms with Gasteiger partial charge in [0.2, 0.25) is 0 Å². The summed E-state index contributed by atoms with van der Waals surface area (Å²) < 4.78 is 16.8. The number of rotatable bonds is 5.